The van der Waals surface area contributed by atoms with Crippen LogP contribution in [0.25, 0.3) is 11.4 Å². The maximum absolute atomic E-state index is 5.27. The van der Waals surface area contributed by atoms with Crippen LogP contribution >= 0.6 is 0 Å². The number of rotatable bonds is 1. The van der Waals surface area contributed by atoms with Crippen LogP contribution in [0.15, 0.2) is 18.2 Å². The van der Waals surface area contributed by atoms with Crippen LogP contribution in [0.3, 0.4) is 0 Å². The molecule has 0 N–H and O–H groups in total. The van der Waals surface area contributed by atoms with E-state index in [2.05, 4.69) is 26.9 Å². The molecule has 3 rings (SSSR count). The number of aromatic nitrogens is 3. The summed E-state index contributed by atoms with van der Waals surface area (Å²) < 4.78 is 7.46. The van der Waals surface area contributed by atoms with Gasteiger partial charge in [-0.25, -0.2) is 0 Å². The van der Waals surface area contributed by atoms with E-state index in [0.717, 1.165) is 36.8 Å². The quantitative estimate of drug-likeness (QED) is 0.752. The maximum Gasteiger partial charge on any atom is 0.164 e. The van der Waals surface area contributed by atoms with Gasteiger partial charge < -0.3 is 9.30 Å². The van der Waals surface area contributed by atoms with Crippen LogP contribution in [0.1, 0.15) is 17.8 Å². The number of hydrogen-bond acceptors (Lipinski definition) is 3. The summed E-state index contributed by atoms with van der Waals surface area (Å²) in [5.74, 6) is 2.88. The molecule has 2 heterocycles. The summed E-state index contributed by atoms with van der Waals surface area (Å²) in [4.78, 5) is 0. The molecule has 1 aliphatic rings. The zero-order chi connectivity index (χ0) is 11.8. The highest BCUT2D eigenvalue weighted by Gasteiger charge is 2.18. The van der Waals surface area contributed by atoms with E-state index in [1.165, 1.54) is 11.1 Å². The van der Waals surface area contributed by atoms with Crippen molar-refractivity contribution in [2.45, 2.75) is 26.3 Å². The highest BCUT2D eigenvalue weighted by Crippen LogP contribution is 2.30. The van der Waals surface area contributed by atoms with Gasteiger partial charge in [-0.05, 0) is 43.5 Å². The van der Waals surface area contributed by atoms with Crippen LogP contribution in [0.4, 0.5) is 0 Å². The van der Waals surface area contributed by atoms with Crippen LogP contribution < -0.4 is 4.74 Å². The van der Waals surface area contributed by atoms with Crippen molar-refractivity contribution in [3.8, 4) is 17.1 Å². The summed E-state index contributed by atoms with van der Waals surface area (Å²) in [5.41, 5.74) is 2.49. The lowest BCUT2D eigenvalue weighted by atomic mass is 10.0. The second-order valence-corrected chi connectivity index (χ2v) is 4.35. The first kappa shape index (κ1) is 10.3. The molecule has 0 radical (unpaired) electrons. The van der Waals surface area contributed by atoms with Crippen LogP contribution in [0, 0.1) is 6.92 Å². The van der Waals surface area contributed by atoms with Crippen LogP contribution in [-0.4, -0.2) is 21.9 Å². The molecule has 1 aliphatic heterocycles. The van der Waals surface area contributed by atoms with Crippen molar-refractivity contribution in [2.75, 3.05) is 7.11 Å². The Morgan fingerprint density at radius 1 is 1.29 bits per heavy atom. The molecule has 0 amide bonds. The van der Waals surface area contributed by atoms with E-state index in [9.17, 15) is 0 Å². The van der Waals surface area contributed by atoms with Gasteiger partial charge in [0.1, 0.15) is 11.6 Å². The smallest absolute Gasteiger partial charge is 0.164 e. The Hall–Kier alpha value is -1.84. The zero-order valence-corrected chi connectivity index (χ0v) is 10.1. The Morgan fingerprint density at radius 3 is 3.00 bits per heavy atom. The number of fused-ring (bicyclic) bond motifs is 3. The molecule has 0 atom stereocenters. The molecule has 0 aliphatic carbocycles. The van der Waals surface area contributed by atoms with Gasteiger partial charge in [0.15, 0.2) is 5.82 Å². The summed E-state index contributed by atoms with van der Waals surface area (Å²) in [6, 6.07) is 6.17. The highest BCUT2D eigenvalue weighted by molar-refractivity contribution is 5.63. The van der Waals surface area contributed by atoms with E-state index in [0.29, 0.717) is 0 Å². The van der Waals surface area contributed by atoms with Crippen molar-refractivity contribution in [2.24, 2.45) is 0 Å². The highest BCUT2D eigenvalue weighted by atomic mass is 16.5. The van der Waals surface area contributed by atoms with E-state index >= 15 is 0 Å². The molecule has 1 aromatic heterocycles. The third-order valence-corrected chi connectivity index (χ3v) is 3.32. The second-order valence-electron chi connectivity index (χ2n) is 4.35. The Morgan fingerprint density at radius 2 is 2.18 bits per heavy atom. The number of methoxy groups -OCH3 is 1. The number of ether oxygens (including phenoxy) is 1. The van der Waals surface area contributed by atoms with Gasteiger partial charge in [0.25, 0.3) is 0 Å². The first-order valence-electron chi connectivity index (χ1n) is 5.86. The lowest BCUT2D eigenvalue weighted by molar-refractivity contribution is 0.414. The van der Waals surface area contributed by atoms with Crippen molar-refractivity contribution in [3.05, 3.63) is 29.6 Å². The number of nitrogens with zero attached hydrogens (tertiary/aromatic N) is 3. The van der Waals surface area contributed by atoms with E-state index in [1.807, 2.05) is 13.0 Å². The fourth-order valence-corrected chi connectivity index (χ4v) is 2.40. The lowest BCUT2D eigenvalue weighted by Crippen LogP contribution is -2.00. The molecule has 4 nitrogen and oxygen atoms in total. The summed E-state index contributed by atoms with van der Waals surface area (Å²) >= 11 is 0. The third kappa shape index (κ3) is 1.60. The standard InChI is InChI=1S/C13H15N3O/c1-9-14-15-13-12-6-5-11(17-2)8-10(12)4-3-7-16(9)13/h5-6,8H,3-4,7H2,1-2H3. The Labute approximate surface area is 100 Å². The average Bonchev–Trinajstić information content (AvgIpc) is 2.62. The minimum Gasteiger partial charge on any atom is -0.497 e. The largest absolute Gasteiger partial charge is 0.497 e. The molecule has 0 bridgehead atoms. The average molecular weight is 229 g/mol. The number of aryl methyl sites for hydroxylation is 2. The molecule has 4 heteroatoms. The Bertz CT molecular complexity index is 560. The molecule has 0 saturated heterocycles. The molecular formula is C13H15N3O. The van der Waals surface area contributed by atoms with Gasteiger partial charge in [0.2, 0.25) is 0 Å². The number of hydrogen-bond donors (Lipinski definition) is 0. The van der Waals surface area contributed by atoms with Crippen molar-refractivity contribution < 1.29 is 4.74 Å². The van der Waals surface area contributed by atoms with Crippen LogP contribution in [0.5, 0.6) is 5.75 Å². The molecule has 88 valence electrons. The summed E-state index contributed by atoms with van der Waals surface area (Å²) in [6.45, 7) is 3.00. The van der Waals surface area contributed by atoms with Gasteiger partial charge in [-0.2, -0.15) is 0 Å². The van der Waals surface area contributed by atoms with Crippen molar-refractivity contribution in [1.29, 1.82) is 0 Å². The van der Waals surface area contributed by atoms with Gasteiger partial charge in [-0.3, -0.25) is 0 Å². The van der Waals surface area contributed by atoms with E-state index < -0.39 is 0 Å². The van der Waals surface area contributed by atoms with E-state index in [1.54, 1.807) is 7.11 Å². The zero-order valence-electron chi connectivity index (χ0n) is 10.1. The second kappa shape index (κ2) is 3.87. The topological polar surface area (TPSA) is 39.9 Å². The maximum atomic E-state index is 5.27. The monoisotopic (exact) mass is 229 g/mol. The summed E-state index contributed by atoms with van der Waals surface area (Å²) in [6.07, 6.45) is 2.18. The minimum atomic E-state index is 0.911. The van der Waals surface area contributed by atoms with Gasteiger partial charge >= 0.3 is 0 Å². The SMILES string of the molecule is COc1ccc2c(c1)CCCn1c(C)nnc1-2. The van der Waals surface area contributed by atoms with Crippen molar-refractivity contribution in [1.82, 2.24) is 14.8 Å². The molecule has 0 unspecified atom stereocenters. The Kier molecular flexibility index (Phi) is 2.35. The molecule has 0 spiro atoms. The molecule has 0 saturated carbocycles. The van der Waals surface area contributed by atoms with E-state index in [-0.39, 0.29) is 0 Å². The summed E-state index contributed by atoms with van der Waals surface area (Å²) in [7, 11) is 1.70. The fraction of sp³-hybridized carbons (Fsp3) is 0.385. The molecule has 1 aromatic carbocycles. The fourth-order valence-electron chi connectivity index (χ4n) is 2.40. The normalized spacial score (nSPS) is 13.8. The van der Waals surface area contributed by atoms with Gasteiger partial charge in [-0.15, -0.1) is 10.2 Å². The molecule has 2 aromatic rings. The van der Waals surface area contributed by atoms with Crippen molar-refractivity contribution >= 4 is 0 Å². The molecular weight excluding hydrogens is 214 g/mol. The van der Waals surface area contributed by atoms with Gasteiger partial charge in [-0.1, -0.05) is 0 Å². The number of benzene rings is 1. The minimum absolute atomic E-state index is 0.911. The third-order valence-electron chi connectivity index (χ3n) is 3.32. The Balaban J connectivity index is 2.19. The molecule has 0 fully saturated rings. The summed E-state index contributed by atoms with van der Waals surface area (Å²) in [5, 5.41) is 8.45. The van der Waals surface area contributed by atoms with Crippen LogP contribution in [-0.2, 0) is 13.0 Å². The lowest BCUT2D eigenvalue weighted by Gasteiger charge is -2.07. The first-order valence-corrected chi connectivity index (χ1v) is 5.86. The van der Waals surface area contributed by atoms with E-state index in [4.69, 9.17) is 4.74 Å². The van der Waals surface area contributed by atoms with Crippen LogP contribution in [0.2, 0.25) is 0 Å². The first-order chi connectivity index (χ1) is 8.29. The van der Waals surface area contributed by atoms with Gasteiger partial charge in [0, 0.05) is 12.1 Å². The predicted octanol–water partition coefficient (Wildman–Crippen LogP) is 2.21. The molecule has 17 heavy (non-hydrogen) atoms. The van der Waals surface area contributed by atoms with Gasteiger partial charge in [0.05, 0.1) is 7.11 Å². The predicted molar refractivity (Wildman–Crippen MR) is 65.1 cm³/mol. The van der Waals surface area contributed by atoms with Crippen molar-refractivity contribution in [3.63, 3.8) is 0 Å².